The van der Waals surface area contributed by atoms with Gasteiger partial charge in [-0.25, -0.2) is 0 Å². The number of rotatable bonds is 1. The van der Waals surface area contributed by atoms with Crippen LogP contribution in [0.2, 0.25) is 0 Å². The monoisotopic (exact) mass is 201 g/mol. The number of amides is 1. The van der Waals surface area contributed by atoms with Crippen LogP contribution in [0, 0.1) is 0 Å². The Morgan fingerprint density at radius 1 is 1.20 bits per heavy atom. The molecular weight excluding hydrogens is 186 g/mol. The van der Waals surface area contributed by atoms with E-state index in [0.29, 0.717) is 24.3 Å². The van der Waals surface area contributed by atoms with Crippen LogP contribution in [0.5, 0.6) is 0 Å². The van der Waals surface area contributed by atoms with Gasteiger partial charge >= 0.3 is 0 Å². The van der Waals surface area contributed by atoms with E-state index in [-0.39, 0.29) is 0 Å². The largest absolute Gasteiger partial charge is 0.339 e. The molecule has 1 aromatic carbocycles. The molecule has 2 atom stereocenters. The molecular formula is C13H15NO. The smallest absolute Gasteiger partial charge is 0.223 e. The first-order chi connectivity index (χ1) is 7.36. The van der Waals surface area contributed by atoms with Crippen molar-refractivity contribution in [3.63, 3.8) is 0 Å². The topological polar surface area (TPSA) is 20.3 Å². The molecule has 2 nitrogen and oxygen atoms in total. The standard InChI is InChI=1S/C13H15NO/c15-13-9-11(10-5-2-1-3-6-10)12-7-4-8-14(12)13/h1-3,5-6,11-12H,4,7-9H2. The predicted molar refractivity (Wildman–Crippen MR) is 58.5 cm³/mol. The molecule has 0 aromatic heterocycles. The highest BCUT2D eigenvalue weighted by atomic mass is 16.2. The maximum atomic E-state index is 11.8. The molecule has 78 valence electrons. The molecule has 0 bridgehead atoms. The Labute approximate surface area is 89.9 Å². The van der Waals surface area contributed by atoms with E-state index >= 15 is 0 Å². The molecule has 1 amide bonds. The Bertz CT molecular complexity index is 373. The Morgan fingerprint density at radius 3 is 2.80 bits per heavy atom. The molecule has 0 radical (unpaired) electrons. The van der Waals surface area contributed by atoms with Gasteiger partial charge in [-0.3, -0.25) is 4.79 Å². The molecule has 2 unspecified atom stereocenters. The summed E-state index contributed by atoms with van der Waals surface area (Å²) in [4.78, 5) is 13.8. The number of nitrogens with zero attached hydrogens (tertiary/aromatic N) is 1. The second-order valence-corrected chi connectivity index (χ2v) is 4.52. The number of benzene rings is 1. The van der Waals surface area contributed by atoms with Crippen LogP contribution in [-0.2, 0) is 4.79 Å². The van der Waals surface area contributed by atoms with Crippen LogP contribution in [0.3, 0.4) is 0 Å². The van der Waals surface area contributed by atoms with Gasteiger partial charge in [0.1, 0.15) is 0 Å². The summed E-state index contributed by atoms with van der Waals surface area (Å²) in [6, 6.07) is 11.0. The number of carbonyl (C=O) groups is 1. The highest BCUT2D eigenvalue weighted by Gasteiger charge is 2.42. The molecule has 2 fully saturated rings. The third-order valence-electron chi connectivity index (χ3n) is 3.71. The summed E-state index contributed by atoms with van der Waals surface area (Å²) in [6.07, 6.45) is 3.08. The summed E-state index contributed by atoms with van der Waals surface area (Å²) in [5.74, 6) is 0.799. The summed E-state index contributed by atoms with van der Waals surface area (Å²) < 4.78 is 0. The van der Waals surface area contributed by atoms with Gasteiger partial charge in [-0.15, -0.1) is 0 Å². The van der Waals surface area contributed by atoms with Crippen molar-refractivity contribution in [1.29, 1.82) is 0 Å². The number of carbonyl (C=O) groups excluding carboxylic acids is 1. The highest BCUT2D eigenvalue weighted by molar-refractivity contribution is 5.81. The molecule has 0 spiro atoms. The van der Waals surface area contributed by atoms with Gasteiger partial charge in [0.2, 0.25) is 5.91 Å². The van der Waals surface area contributed by atoms with Gasteiger partial charge in [0, 0.05) is 24.9 Å². The molecule has 0 saturated carbocycles. The van der Waals surface area contributed by atoms with E-state index in [1.165, 1.54) is 18.4 Å². The summed E-state index contributed by atoms with van der Waals surface area (Å²) in [5.41, 5.74) is 1.33. The zero-order valence-corrected chi connectivity index (χ0v) is 8.73. The van der Waals surface area contributed by atoms with Crippen LogP contribution in [-0.4, -0.2) is 23.4 Å². The van der Waals surface area contributed by atoms with E-state index in [9.17, 15) is 4.79 Å². The van der Waals surface area contributed by atoms with Crippen molar-refractivity contribution < 1.29 is 4.79 Å². The molecule has 15 heavy (non-hydrogen) atoms. The van der Waals surface area contributed by atoms with Crippen molar-refractivity contribution in [3.8, 4) is 0 Å². The first kappa shape index (κ1) is 8.96. The Hall–Kier alpha value is -1.31. The SMILES string of the molecule is O=C1CC(c2ccccc2)C2CCCN12. The Morgan fingerprint density at radius 2 is 2.00 bits per heavy atom. The van der Waals surface area contributed by atoms with Crippen molar-refractivity contribution in [2.24, 2.45) is 0 Å². The van der Waals surface area contributed by atoms with Crippen molar-refractivity contribution in [2.45, 2.75) is 31.2 Å². The van der Waals surface area contributed by atoms with E-state index < -0.39 is 0 Å². The summed E-state index contributed by atoms with van der Waals surface area (Å²) in [6.45, 7) is 0.979. The molecule has 2 heteroatoms. The summed E-state index contributed by atoms with van der Waals surface area (Å²) in [5, 5.41) is 0. The minimum absolute atomic E-state index is 0.353. The number of hydrogen-bond acceptors (Lipinski definition) is 1. The fourth-order valence-corrected chi connectivity index (χ4v) is 3.00. The molecule has 0 N–H and O–H groups in total. The quantitative estimate of drug-likeness (QED) is 0.682. The van der Waals surface area contributed by atoms with Gasteiger partial charge in [0.05, 0.1) is 0 Å². The van der Waals surface area contributed by atoms with Crippen LogP contribution in [0.1, 0.15) is 30.7 Å². The zero-order valence-electron chi connectivity index (χ0n) is 8.73. The minimum atomic E-state index is 0.353. The van der Waals surface area contributed by atoms with Crippen molar-refractivity contribution in [1.82, 2.24) is 4.90 Å². The van der Waals surface area contributed by atoms with Crippen LogP contribution >= 0.6 is 0 Å². The van der Waals surface area contributed by atoms with E-state index in [4.69, 9.17) is 0 Å². The lowest BCUT2D eigenvalue weighted by Crippen LogP contribution is -2.28. The van der Waals surface area contributed by atoms with Crippen molar-refractivity contribution in [3.05, 3.63) is 35.9 Å². The summed E-state index contributed by atoms with van der Waals surface area (Å²) in [7, 11) is 0. The normalized spacial score (nSPS) is 29.6. The maximum Gasteiger partial charge on any atom is 0.223 e. The lowest BCUT2D eigenvalue weighted by molar-refractivity contribution is -0.127. The van der Waals surface area contributed by atoms with Crippen LogP contribution in [0.4, 0.5) is 0 Å². The molecule has 2 saturated heterocycles. The summed E-state index contributed by atoms with van der Waals surface area (Å²) >= 11 is 0. The Kier molecular flexibility index (Phi) is 2.01. The highest BCUT2D eigenvalue weighted by Crippen LogP contribution is 2.39. The fourth-order valence-electron chi connectivity index (χ4n) is 3.00. The molecule has 0 aliphatic carbocycles. The van der Waals surface area contributed by atoms with Crippen LogP contribution in [0.25, 0.3) is 0 Å². The fraction of sp³-hybridized carbons (Fsp3) is 0.462. The van der Waals surface area contributed by atoms with E-state index in [1.54, 1.807) is 0 Å². The Balaban J connectivity index is 1.92. The van der Waals surface area contributed by atoms with Crippen molar-refractivity contribution >= 4 is 5.91 Å². The average molecular weight is 201 g/mol. The van der Waals surface area contributed by atoms with Gasteiger partial charge in [0.15, 0.2) is 0 Å². The maximum absolute atomic E-state index is 11.8. The molecule has 3 rings (SSSR count). The van der Waals surface area contributed by atoms with Gasteiger partial charge in [0.25, 0.3) is 0 Å². The third-order valence-corrected chi connectivity index (χ3v) is 3.71. The van der Waals surface area contributed by atoms with Gasteiger partial charge < -0.3 is 4.90 Å². The van der Waals surface area contributed by atoms with Crippen LogP contribution < -0.4 is 0 Å². The molecule has 2 heterocycles. The first-order valence-corrected chi connectivity index (χ1v) is 5.70. The lowest BCUT2D eigenvalue weighted by atomic mass is 9.90. The molecule has 1 aromatic rings. The van der Waals surface area contributed by atoms with E-state index in [0.717, 1.165) is 6.54 Å². The third kappa shape index (κ3) is 1.36. The number of fused-ring (bicyclic) bond motifs is 1. The lowest BCUT2D eigenvalue weighted by Gasteiger charge is -2.20. The predicted octanol–water partition coefficient (Wildman–Crippen LogP) is 2.16. The zero-order chi connectivity index (χ0) is 10.3. The molecule has 2 aliphatic heterocycles. The number of hydrogen-bond donors (Lipinski definition) is 0. The second-order valence-electron chi connectivity index (χ2n) is 4.52. The average Bonchev–Trinajstić information content (AvgIpc) is 2.84. The van der Waals surface area contributed by atoms with Crippen molar-refractivity contribution in [2.75, 3.05) is 6.54 Å². The minimum Gasteiger partial charge on any atom is -0.339 e. The van der Waals surface area contributed by atoms with E-state index in [2.05, 4.69) is 29.2 Å². The van der Waals surface area contributed by atoms with Gasteiger partial charge in [-0.05, 0) is 18.4 Å². The van der Waals surface area contributed by atoms with E-state index in [1.807, 2.05) is 6.07 Å². The second kappa shape index (κ2) is 3.37. The first-order valence-electron chi connectivity index (χ1n) is 5.70. The van der Waals surface area contributed by atoms with Gasteiger partial charge in [-0.1, -0.05) is 30.3 Å². The molecule has 2 aliphatic rings. The van der Waals surface area contributed by atoms with Gasteiger partial charge in [-0.2, -0.15) is 0 Å². The van der Waals surface area contributed by atoms with Crippen LogP contribution in [0.15, 0.2) is 30.3 Å².